The molecule has 29 heavy (non-hydrogen) atoms. The summed E-state index contributed by atoms with van der Waals surface area (Å²) in [5.74, 6) is -0.341. The Morgan fingerprint density at radius 1 is 1.17 bits per heavy atom. The summed E-state index contributed by atoms with van der Waals surface area (Å²) in [6.45, 7) is 1.99. The van der Waals surface area contributed by atoms with E-state index in [-0.39, 0.29) is 29.4 Å². The second-order valence-electron chi connectivity index (χ2n) is 6.09. The molecule has 0 aliphatic carbocycles. The van der Waals surface area contributed by atoms with Gasteiger partial charge in [0.25, 0.3) is 5.91 Å². The van der Waals surface area contributed by atoms with Crippen LogP contribution in [0.3, 0.4) is 0 Å². The molecule has 0 aliphatic rings. The summed E-state index contributed by atoms with van der Waals surface area (Å²) >= 11 is 0. The zero-order valence-corrected chi connectivity index (χ0v) is 15.8. The topological polar surface area (TPSA) is 116 Å². The minimum atomic E-state index is -0.597. The van der Waals surface area contributed by atoms with Crippen molar-refractivity contribution in [2.24, 2.45) is 7.05 Å². The monoisotopic (exact) mass is 394 g/mol. The van der Waals surface area contributed by atoms with Crippen molar-refractivity contribution < 1.29 is 19.2 Å². The second-order valence-corrected chi connectivity index (χ2v) is 6.09. The van der Waals surface area contributed by atoms with Crippen LogP contribution in [0.2, 0.25) is 0 Å². The summed E-state index contributed by atoms with van der Waals surface area (Å²) in [6.07, 6.45) is 3.22. The van der Waals surface area contributed by atoms with Crippen molar-refractivity contribution in [2.75, 3.05) is 11.9 Å². The maximum absolute atomic E-state index is 12.5. The first-order valence-electron chi connectivity index (χ1n) is 8.75. The standard InChI is InChI=1S/C20H18N4O5/c1-3-29-17-9-6-14(12-16(17)24(27)28)20(26)22-15-7-4-13(5-8-15)18(25)19-21-10-11-23(19)2/h4-12H,3H2,1-2H3,(H,22,26). The molecule has 0 aliphatic heterocycles. The van der Waals surface area contributed by atoms with Gasteiger partial charge in [-0.2, -0.15) is 0 Å². The van der Waals surface area contributed by atoms with Crippen LogP contribution in [-0.4, -0.2) is 32.8 Å². The number of aryl methyl sites for hydroxylation is 1. The lowest BCUT2D eigenvalue weighted by molar-refractivity contribution is -0.385. The third-order valence-corrected chi connectivity index (χ3v) is 4.15. The van der Waals surface area contributed by atoms with Gasteiger partial charge in [0.1, 0.15) is 0 Å². The van der Waals surface area contributed by atoms with Gasteiger partial charge in [0.05, 0.1) is 11.5 Å². The molecule has 1 aromatic heterocycles. The average Bonchev–Trinajstić information content (AvgIpc) is 3.14. The molecule has 1 amide bonds. The molecule has 0 spiro atoms. The third-order valence-electron chi connectivity index (χ3n) is 4.15. The molecule has 1 N–H and O–H groups in total. The van der Waals surface area contributed by atoms with Crippen molar-refractivity contribution in [3.63, 3.8) is 0 Å². The van der Waals surface area contributed by atoms with Crippen molar-refractivity contribution in [3.05, 3.63) is 81.9 Å². The first-order valence-corrected chi connectivity index (χ1v) is 8.75. The number of amides is 1. The first kappa shape index (κ1) is 19.7. The van der Waals surface area contributed by atoms with E-state index in [1.165, 1.54) is 24.4 Å². The highest BCUT2D eigenvalue weighted by atomic mass is 16.6. The number of ether oxygens (including phenoxy) is 1. The van der Waals surface area contributed by atoms with Crippen LogP contribution in [0.15, 0.2) is 54.9 Å². The van der Waals surface area contributed by atoms with E-state index in [4.69, 9.17) is 4.74 Å². The quantitative estimate of drug-likeness (QED) is 0.374. The molecule has 0 saturated carbocycles. The van der Waals surface area contributed by atoms with E-state index >= 15 is 0 Å². The Morgan fingerprint density at radius 2 is 1.86 bits per heavy atom. The zero-order valence-electron chi connectivity index (χ0n) is 15.8. The van der Waals surface area contributed by atoms with Crippen molar-refractivity contribution in [1.29, 1.82) is 0 Å². The molecule has 3 aromatic rings. The van der Waals surface area contributed by atoms with Crippen LogP contribution in [-0.2, 0) is 7.05 Å². The van der Waals surface area contributed by atoms with Gasteiger partial charge < -0.3 is 14.6 Å². The zero-order chi connectivity index (χ0) is 21.0. The summed E-state index contributed by atoms with van der Waals surface area (Å²) in [5, 5.41) is 13.9. The molecule has 3 rings (SSSR count). The van der Waals surface area contributed by atoms with Gasteiger partial charge in [-0.15, -0.1) is 0 Å². The number of hydrogen-bond acceptors (Lipinski definition) is 6. The summed E-state index contributed by atoms with van der Waals surface area (Å²) in [7, 11) is 1.73. The van der Waals surface area contributed by atoms with Crippen LogP contribution in [0, 0.1) is 10.1 Å². The molecule has 1 heterocycles. The molecule has 0 atom stereocenters. The van der Waals surface area contributed by atoms with Gasteiger partial charge in [0.2, 0.25) is 5.78 Å². The lowest BCUT2D eigenvalue weighted by Crippen LogP contribution is -2.13. The molecule has 0 saturated heterocycles. The van der Waals surface area contributed by atoms with Crippen molar-refractivity contribution in [1.82, 2.24) is 9.55 Å². The van der Waals surface area contributed by atoms with Crippen molar-refractivity contribution in [3.8, 4) is 5.75 Å². The fraction of sp³-hybridized carbons (Fsp3) is 0.150. The highest BCUT2D eigenvalue weighted by Crippen LogP contribution is 2.28. The number of rotatable bonds is 7. The van der Waals surface area contributed by atoms with Crippen LogP contribution >= 0.6 is 0 Å². The maximum Gasteiger partial charge on any atom is 0.311 e. The number of aromatic nitrogens is 2. The maximum atomic E-state index is 12.5. The van der Waals surface area contributed by atoms with E-state index in [1.54, 1.807) is 49.0 Å². The predicted octanol–water partition coefficient (Wildman–Crippen LogP) is 3.21. The third kappa shape index (κ3) is 4.29. The van der Waals surface area contributed by atoms with Gasteiger partial charge >= 0.3 is 5.69 Å². The van der Waals surface area contributed by atoms with Gasteiger partial charge in [-0.3, -0.25) is 19.7 Å². The number of benzene rings is 2. The number of hydrogen-bond donors (Lipinski definition) is 1. The number of nitrogens with one attached hydrogen (secondary N) is 1. The molecule has 0 fully saturated rings. The molecular formula is C20H18N4O5. The van der Waals surface area contributed by atoms with Crippen LogP contribution in [0.1, 0.15) is 33.5 Å². The Balaban J connectivity index is 1.76. The smallest absolute Gasteiger partial charge is 0.311 e. The lowest BCUT2D eigenvalue weighted by atomic mass is 10.1. The van der Waals surface area contributed by atoms with E-state index in [0.717, 1.165) is 0 Å². The summed E-state index contributed by atoms with van der Waals surface area (Å²) in [4.78, 5) is 39.5. The number of carbonyl (C=O) groups is 2. The van der Waals surface area contributed by atoms with Gasteiger partial charge in [-0.1, -0.05) is 0 Å². The van der Waals surface area contributed by atoms with Gasteiger partial charge in [-0.25, -0.2) is 4.98 Å². The summed E-state index contributed by atoms with van der Waals surface area (Å²) in [5.41, 5.74) is 0.709. The molecule has 0 unspecified atom stereocenters. The number of nitro benzene ring substituents is 1. The first-order chi connectivity index (χ1) is 13.9. The largest absolute Gasteiger partial charge is 0.487 e. The van der Waals surface area contributed by atoms with E-state index in [2.05, 4.69) is 10.3 Å². The van der Waals surface area contributed by atoms with Crippen LogP contribution in [0.4, 0.5) is 11.4 Å². The number of ketones is 1. The molecule has 9 nitrogen and oxygen atoms in total. The van der Waals surface area contributed by atoms with Crippen molar-refractivity contribution in [2.45, 2.75) is 6.92 Å². The summed E-state index contributed by atoms with van der Waals surface area (Å²) < 4.78 is 6.84. The summed E-state index contributed by atoms with van der Waals surface area (Å²) in [6, 6.07) is 10.3. The highest BCUT2D eigenvalue weighted by Gasteiger charge is 2.19. The number of carbonyl (C=O) groups excluding carboxylic acids is 2. The SMILES string of the molecule is CCOc1ccc(C(=O)Nc2ccc(C(=O)c3nccn3C)cc2)cc1[N+](=O)[O-]. The molecule has 9 heteroatoms. The van der Waals surface area contributed by atoms with Crippen LogP contribution in [0.25, 0.3) is 0 Å². The van der Waals surface area contributed by atoms with Crippen molar-refractivity contribution >= 4 is 23.1 Å². The van der Waals surface area contributed by atoms with E-state index in [9.17, 15) is 19.7 Å². The average molecular weight is 394 g/mol. The lowest BCUT2D eigenvalue weighted by Gasteiger charge is -2.08. The van der Waals surface area contributed by atoms with Gasteiger partial charge in [0, 0.05) is 42.3 Å². The molecule has 2 aromatic carbocycles. The van der Waals surface area contributed by atoms with Gasteiger partial charge in [0.15, 0.2) is 11.6 Å². The number of imidazole rings is 1. The highest BCUT2D eigenvalue weighted by molar-refractivity contribution is 6.08. The minimum Gasteiger partial charge on any atom is -0.487 e. The number of nitro groups is 1. The fourth-order valence-electron chi connectivity index (χ4n) is 2.70. The Bertz CT molecular complexity index is 1070. The molecule has 0 bridgehead atoms. The van der Waals surface area contributed by atoms with Gasteiger partial charge in [-0.05, 0) is 43.3 Å². The minimum absolute atomic E-state index is 0.103. The Labute approximate surface area is 166 Å². The Morgan fingerprint density at radius 3 is 2.45 bits per heavy atom. The number of anilines is 1. The normalized spacial score (nSPS) is 10.4. The van der Waals surface area contributed by atoms with Crippen LogP contribution in [0.5, 0.6) is 5.75 Å². The van der Waals surface area contributed by atoms with E-state index in [1.807, 2.05) is 0 Å². The molecular weight excluding hydrogens is 376 g/mol. The Kier molecular flexibility index (Phi) is 5.68. The van der Waals surface area contributed by atoms with E-state index < -0.39 is 10.8 Å². The number of nitrogens with zero attached hydrogens (tertiary/aromatic N) is 3. The predicted molar refractivity (Wildman–Crippen MR) is 105 cm³/mol. The van der Waals surface area contributed by atoms with Crippen LogP contribution < -0.4 is 10.1 Å². The molecule has 0 radical (unpaired) electrons. The fourth-order valence-corrected chi connectivity index (χ4v) is 2.70. The second kappa shape index (κ2) is 8.34. The molecule has 148 valence electrons. The Hall–Kier alpha value is -4.01. The van der Waals surface area contributed by atoms with E-state index in [0.29, 0.717) is 17.1 Å².